The van der Waals surface area contributed by atoms with E-state index in [0.717, 1.165) is 0 Å². The fourth-order valence-electron chi connectivity index (χ4n) is 1.70. The molecule has 5 heteroatoms. The van der Waals surface area contributed by atoms with Crippen LogP contribution in [-0.2, 0) is 6.54 Å². The zero-order valence-electron chi connectivity index (χ0n) is 9.81. The van der Waals surface area contributed by atoms with E-state index in [9.17, 15) is 13.6 Å². The number of carbonyl (C=O) groups is 1. The molecular weight excluding hydrogens is 238 g/mol. The second kappa shape index (κ2) is 5.08. The number of aldehydes is 1. The first-order valence-corrected chi connectivity index (χ1v) is 5.56. The number of benzene rings is 1. The average molecular weight is 250 g/mol. The van der Waals surface area contributed by atoms with Crippen LogP contribution in [-0.4, -0.2) is 16.1 Å². The highest BCUT2D eigenvalue weighted by atomic mass is 19.3. The van der Waals surface area contributed by atoms with Gasteiger partial charge in [-0.15, -0.1) is 0 Å². The molecule has 0 N–H and O–H groups in total. The molecule has 18 heavy (non-hydrogen) atoms. The zero-order valence-corrected chi connectivity index (χ0v) is 9.81. The monoisotopic (exact) mass is 250 g/mol. The van der Waals surface area contributed by atoms with Crippen molar-refractivity contribution in [2.75, 3.05) is 0 Å². The smallest absolute Gasteiger partial charge is 0.267 e. The Morgan fingerprint density at radius 1 is 1.33 bits per heavy atom. The molecule has 0 atom stereocenters. The molecule has 0 amide bonds. The van der Waals surface area contributed by atoms with Crippen molar-refractivity contribution in [3.63, 3.8) is 0 Å². The van der Waals surface area contributed by atoms with Gasteiger partial charge in [0.25, 0.3) is 6.43 Å². The molecule has 1 aromatic heterocycles. The van der Waals surface area contributed by atoms with Crippen molar-refractivity contribution >= 4 is 6.29 Å². The van der Waals surface area contributed by atoms with E-state index in [1.165, 1.54) is 10.9 Å². The summed E-state index contributed by atoms with van der Waals surface area (Å²) in [4.78, 5) is 10.5. The van der Waals surface area contributed by atoms with Gasteiger partial charge in [-0.1, -0.05) is 24.3 Å². The molecule has 1 aromatic carbocycles. The van der Waals surface area contributed by atoms with Gasteiger partial charge in [0.2, 0.25) is 0 Å². The molecule has 2 aromatic rings. The third kappa shape index (κ3) is 2.30. The third-order valence-corrected chi connectivity index (χ3v) is 2.67. The summed E-state index contributed by atoms with van der Waals surface area (Å²) in [5.41, 5.74) is 1.27. The van der Waals surface area contributed by atoms with Crippen LogP contribution in [0.4, 0.5) is 8.78 Å². The molecule has 1 heterocycles. The maximum absolute atomic E-state index is 12.9. The van der Waals surface area contributed by atoms with Gasteiger partial charge in [0.15, 0.2) is 0 Å². The van der Waals surface area contributed by atoms with Crippen molar-refractivity contribution in [3.05, 3.63) is 41.6 Å². The molecule has 0 bridgehead atoms. The van der Waals surface area contributed by atoms with Crippen LogP contribution in [0.3, 0.4) is 0 Å². The summed E-state index contributed by atoms with van der Waals surface area (Å²) in [6.45, 7) is 2.37. The van der Waals surface area contributed by atoms with Gasteiger partial charge >= 0.3 is 0 Å². The SMILES string of the molecule is CCn1cc(C(F)F)c(-c2ccc(C=O)cc2)n1. The van der Waals surface area contributed by atoms with Crippen LogP contribution in [0.2, 0.25) is 0 Å². The van der Waals surface area contributed by atoms with Crippen LogP contribution in [0.15, 0.2) is 30.5 Å². The van der Waals surface area contributed by atoms with Crippen molar-refractivity contribution in [3.8, 4) is 11.3 Å². The van der Waals surface area contributed by atoms with E-state index in [-0.39, 0.29) is 11.3 Å². The van der Waals surface area contributed by atoms with E-state index in [4.69, 9.17) is 0 Å². The molecule has 0 fully saturated rings. The van der Waals surface area contributed by atoms with Crippen LogP contribution >= 0.6 is 0 Å². The molecule has 0 saturated heterocycles. The minimum atomic E-state index is -2.56. The molecule has 0 radical (unpaired) electrons. The molecule has 0 aliphatic heterocycles. The summed E-state index contributed by atoms with van der Waals surface area (Å²) in [6, 6.07) is 6.42. The number of alkyl halides is 2. The number of hydrogen-bond donors (Lipinski definition) is 0. The highest BCUT2D eigenvalue weighted by Crippen LogP contribution is 2.30. The van der Waals surface area contributed by atoms with Crippen molar-refractivity contribution in [2.24, 2.45) is 0 Å². The Kier molecular flexibility index (Phi) is 3.50. The van der Waals surface area contributed by atoms with E-state index in [1.807, 2.05) is 6.92 Å². The fraction of sp³-hybridized carbons (Fsp3) is 0.231. The van der Waals surface area contributed by atoms with E-state index < -0.39 is 6.43 Å². The molecule has 0 aliphatic carbocycles. The second-order valence-corrected chi connectivity index (χ2v) is 3.83. The predicted molar refractivity (Wildman–Crippen MR) is 63.7 cm³/mol. The van der Waals surface area contributed by atoms with Gasteiger partial charge in [0, 0.05) is 23.9 Å². The predicted octanol–water partition coefficient (Wildman–Crippen LogP) is 3.32. The highest BCUT2D eigenvalue weighted by molar-refractivity contribution is 5.76. The van der Waals surface area contributed by atoms with Gasteiger partial charge in [-0.25, -0.2) is 8.78 Å². The largest absolute Gasteiger partial charge is 0.298 e. The summed E-state index contributed by atoms with van der Waals surface area (Å²) in [5.74, 6) is 0. The Balaban J connectivity index is 2.47. The molecule has 0 unspecified atom stereocenters. The fourth-order valence-corrected chi connectivity index (χ4v) is 1.70. The lowest BCUT2D eigenvalue weighted by atomic mass is 10.1. The molecule has 94 valence electrons. The Morgan fingerprint density at radius 2 is 2.00 bits per heavy atom. The van der Waals surface area contributed by atoms with Gasteiger partial charge in [-0.2, -0.15) is 5.10 Å². The zero-order chi connectivity index (χ0) is 13.1. The normalized spacial score (nSPS) is 10.9. The van der Waals surface area contributed by atoms with Gasteiger partial charge in [-0.05, 0) is 6.92 Å². The van der Waals surface area contributed by atoms with Crippen LogP contribution < -0.4 is 0 Å². The number of carbonyl (C=O) groups excluding carboxylic acids is 1. The summed E-state index contributed by atoms with van der Waals surface area (Å²) < 4.78 is 27.3. The summed E-state index contributed by atoms with van der Waals surface area (Å²) >= 11 is 0. The van der Waals surface area contributed by atoms with Crippen molar-refractivity contribution in [1.82, 2.24) is 9.78 Å². The minimum Gasteiger partial charge on any atom is -0.298 e. The van der Waals surface area contributed by atoms with E-state index >= 15 is 0 Å². The first kappa shape index (κ1) is 12.4. The number of aromatic nitrogens is 2. The maximum atomic E-state index is 12.9. The van der Waals surface area contributed by atoms with Crippen molar-refractivity contribution < 1.29 is 13.6 Å². The number of nitrogens with zero attached hydrogens (tertiary/aromatic N) is 2. The van der Waals surface area contributed by atoms with Gasteiger partial charge in [-0.3, -0.25) is 9.48 Å². The van der Waals surface area contributed by atoms with Gasteiger partial charge in [0.1, 0.15) is 12.0 Å². The van der Waals surface area contributed by atoms with E-state index in [0.29, 0.717) is 24.0 Å². The summed E-state index contributed by atoms with van der Waals surface area (Å²) in [6.07, 6.45) is -0.498. The number of halogens is 2. The third-order valence-electron chi connectivity index (χ3n) is 2.67. The molecule has 0 spiro atoms. The quantitative estimate of drug-likeness (QED) is 0.780. The molecule has 3 nitrogen and oxygen atoms in total. The van der Waals surface area contributed by atoms with Crippen LogP contribution in [0.1, 0.15) is 29.3 Å². The Bertz CT molecular complexity index is 547. The first-order chi connectivity index (χ1) is 8.65. The van der Waals surface area contributed by atoms with Gasteiger partial charge < -0.3 is 0 Å². The lowest BCUT2D eigenvalue weighted by Crippen LogP contribution is -1.93. The lowest BCUT2D eigenvalue weighted by molar-refractivity contribution is 0.112. The average Bonchev–Trinajstić information content (AvgIpc) is 2.83. The Morgan fingerprint density at radius 3 is 2.50 bits per heavy atom. The number of hydrogen-bond acceptors (Lipinski definition) is 2. The summed E-state index contributed by atoms with van der Waals surface area (Å²) in [5, 5.41) is 4.12. The number of aryl methyl sites for hydroxylation is 1. The maximum Gasteiger partial charge on any atom is 0.267 e. The van der Waals surface area contributed by atoms with E-state index in [1.54, 1.807) is 24.3 Å². The van der Waals surface area contributed by atoms with E-state index in [2.05, 4.69) is 5.10 Å². The second-order valence-electron chi connectivity index (χ2n) is 3.83. The van der Waals surface area contributed by atoms with Crippen LogP contribution in [0.25, 0.3) is 11.3 Å². The summed E-state index contributed by atoms with van der Waals surface area (Å²) in [7, 11) is 0. The van der Waals surface area contributed by atoms with Crippen LogP contribution in [0.5, 0.6) is 0 Å². The molecular formula is C13H12F2N2O. The molecule has 0 aliphatic rings. The Hall–Kier alpha value is -2.04. The van der Waals surface area contributed by atoms with Crippen molar-refractivity contribution in [1.29, 1.82) is 0 Å². The topological polar surface area (TPSA) is 34.9 Å². The minimum absolute atomic E-state index is 0.0873. The molecule has 0 saturated carbocycles. The van der Waals surface area contributed by atoms with Crippen LogP contribution in [0, 0.1) is 0 Å². The standard InChI is InChI=1S/C13H12F2N2O/c1-2-17-7-11(13(14)15)12(16-17)10-5-3-9(8-18)4-6-10/h3-8,13H,2H2,1H3. The van der Waals surface area contributed by atoms with Gasteiger partial charge in [0.05, 0.1) is 5.56 Å². The first-order valence-electron chi connectivity index (χ1n) is 5.56. The van der Waals surface area contributed by atoms with Crippen molar-refractivity contribution in [2.45, 2.75) is 19.9 Å². The highest BCUT2D eigenvalue weighted by Gasteiger charge is 2.18. The number of rotatable bonds is 4. The lowest BCUT2D eigenvalue weighted by Gasteiger charge is -2.01. The Labute approximate surface area is 103 Å². The molecule has 2 rings (SSSR count).